The van der Waals surface area contributed by atoms with Gasteiger partial charge in [0.15, 0.2) is 0 Å². The molecule has 0 spiro atoms. The van der Waals surface area contributed by atoms with Crippen molar-refractivity contribution in [2.24, 2.45) is 5.41 Å². The zero-order chi connectivity index (χ0) is 25.9. The molecule has 2 amide bonds. The first-order valence-corrected chi connectivity index (χ1v) is 14.1. The lowest BCUT2D eigenvalue weighted by molar-refractivity contribution is -0.141. The second kappa shape index (κ2) is 11.1. The molecule has 0 aliphatic carbocycles. The SMILES string of the molecule is Cc1ccc(Cl)cc1N1CCN(S(=O)(=O)CC2(C(=O)NO)CCN(C(=O)OC3CCOC3)CC2)CC1. The van der Waals surface area contributed by atoms with E-state index in [1.54, 1.807) is 5.48 Å². The third-order valence-electron chi connectivity index (χ3n) is 7.32. The number of carbonyl (C=O) groups is 2. The minimum Gasteiger partial charge on any atom is -0.444 e. The average Bonchev–Trinajstić information content (AvgIpc) is 3.38. The molecule has 0 aromatic heterocycles. The molecule has 1 atom stereocenters. The second-order valence-electron chi connectivity index (χ2n) is 9.65. The van der Waals surface area contributed by atoms with Gasteiger partial charge in [-0.05, 0) is 37.5 Å². The maximum atomic E-state index is 13.4. The largest absolute Gasteiger partial charge is 0.444 e. The van der Waals surface area contributed by atoms with Gasteiger partial charge in [-0.15, -0.1) is 0 Å². The number of hydrogen-bond donors (Lipinski definition) is 2. The zero-order valence-corrected chi connectivity index (χ0v) is 21.9. The lowest BCUT2D eigenvalue weighted by Gasteiger charge is -2.41. The Morgan fingerprint density at radius 3 is 2.50 bits per heavy atom. The van der Waals surface area contributed by atoms with Gasteiger partial charge in [0.25, 0.3) is 5.91 Å². The third-order valence-corrected chi connectivity index (χ3v) is 9.62. The summed E-state index contributed by atoms with van der Waals surface area (Å²) in [5.41, 5.74) is 2.33. The molecule has 3 fully saturated rings. The van der Waals surface area contributed by atoms with Gasteiger partial charge in [-0.25, -0.2) is 18.7 Å². The van der Waals surface area contributed by atoms with Crippen LogP contribution in [0.4, 0.5) is 10.5 Å². The fourth-order valence-electron chi connectivity index (χ4n) is 5.07. The third kappa shape index (κ3) is 5.88. The molecule has 36 heavy (non-hydrogen) atoms. The standard InChI is InChI=1S/C23H33ClN4O7S/c1-17-2-3-18(24)14-20(17)26-9-11-28(12-10-26)36(32,33)16-23(21(29)25-31)5-7-27(8-6-23)22(30)35-19-4-13-34-15-19/h2-3,14,19,31H,4-13,15-16H2,1H3,(H,25,29). The Morgan fingerprint density at radius 1 is 1.19 bits per heavy atom. The van der Waals surface area contributed by atoms with Crippen molar-refractivity contribution in [3.8, 4) is 0 Å². The summed E-state index contributed by atoms with van der Waals surface area (Å²) in [4.78, 5) is 28.8. The summed E-state index contributed by atoms with van der Waals surface area (Å²) in [6.45, 7) is 4.71. The number of ether oxygens (including phenoxy) is 2. The number of amides is 2. The summed E-state index contributed by atoms with van der Waals surface area (Å²) >= 11 is 6.15. The van der Waals surface area contributed by atoms with Crippen LogP contribution in [0, 0.1) is 12.3 Å². The molecule has 4 rings (SSSR count). The molecule has 13 heteroatoms. The Kier molecular flexibility index (Phi) is 8.30. The summed E-state index contributed by atoms with van der Waals surface area (Å²) < 4.78 is 38.8. The lowest BCUT2D eigenvalue weighted by atomic mass is 9.79. The number of hydroxylamine groups is 1. The van der Waals surface area contributed by atoms with Crippen LogP contribution in [-0.2, 0) is 24.3 Å². The first-order valence-electron chi connectivity index (χ1n) is 12.1. The number of piperidine rings is 1. The van der Waals surface area contributed by atoms with E-state index in [1.165, 1.54) is 9.21 Å². The van der Waals surface area contributed by atoms with Gasteiger partial charge in [0, 0.05) is 56.4 Å². The van der Waals surface area contributed by atoms with E-state index in [1.807, 2.05) is 25.1 Å². The number of halogens is 1. The van der Waals surface area contributed by atoms with Gasteiger partial charge in [0.2, 0.25) is 10.0 Å². The van der Waals surface area contributed by atoms with Crippen molar-refractivity contribution in [1.29, 1.82) is 0 Å². The molecule has 3 aliphatic rings. The Bertz CT molecular complexity index is 1060. The van der Waals surface area contributed by atoms with Gasteiger partial charge < -0.3 is 19.3 Å². The number of anilines is 1. The molecule has 200 valence electrons. The maximum Gasteiger partial charge on any atom is 0.410 e. The highest BCUT2D eigenvalue weighted by Crippen LogP contribution is 2.35. The lowest BCUT2D eigenvalue weighted by Crippen LogP contribution is -2.56. The van der Waals surface area contributed by atoms with Crippen LogP contribution in [0.1, 0.15) is 24.8 Å². The fraction of sp³-hybridized carbons (Fsp3) is 0.652. The molecule has 0 saturated carbocycles. The normalized spacial score (nSPS) is 22.9. The number of carbonyl (C=O) groups excluding carboxylic acids is 2. The smallest absolute Gasteiger partial charge is 0.410 e. The van der Waals surface area contributed by atoms with Gasteiger partial charge in [0.05, 0.1) is 24.4 Å². The predicted molar refractivity (Wildman–Crippen MR) is 133 cm³/mol. The number of piperazine rings is 1. The van der Waals surface area contributed by atoms with Crippen LogP contribution in [0.15, 0.2) is 18.2 Å². The van der Waals surface area contributed by atoms with E-state index in [9.17, 15) is 23.2 Å². The summed E-state index contributed by atoms with van der Waals surface area (Å²) in [5, 5.41) is 10.0. The number of sulfonamides is 1. The summed E-state index contributed by atoms with van der Waals surface area (Å²) in [6, 6.07) is 5.63. The van der Waals surface area contributed by atoms with Crippen molar-refractivity contribution >= 4 is 39.3 Å². The number of likely N-dealkylation sites (tertiary alicyclic amines) is 1. The monoisotopic (exact) mass is 544 g/mol. The second-order valence-corrected chi connectivity index (χ2v) is 12.1. The Hall–Kier alpha value is -2.12. The molecule has 3 heterocycles. The van der Waals surface area contributed by atoms with Crippen LogP contribution in [0.25, 0.3) is 0 Å². The number of nitrogens with one attached hydrogen (secondary N) is 1. The van der Waals surface area contributed by atoms with Crippen molar-refractivity contribution in [2.75, 3.05) is 63.1 Å². The minimum atomic E-state index is -3.82. The van der Waals surface area contributed by atoms with E-state index in [0.717, 1.165) is 11.3 Å². The van der Waals surface area contributed by atoms with E-state index in [0.29, 0.717) is 37.7 Å². The van der Waals surface area contributed by atoms with E-state index in [-0.39, 0.29) is 45.1 Å². The van der Waals surface area contributed by atoms with Crippen LogP contribution in [0.3, 0.4) is 0 Å². The number of aryl methyl sites for hydroxylation is 1. The van der Waals surface area contributed by atoms with Gasteiger partial charge in [-0.2, -0.15) is 4.31 Å². The highest BCUT2D eigenvalue weighted by Gasteiger charge is 2.47. The average molecular weight is 545 g/mol. The van der Waals surface area contributed by atoms with Crippen LogP contribution in [-0.4, -0.2) is 99.2 Å². The number of nitrogens with zero attached hydrogens (tertiary/aromatic N) is 3. The Balaban J connectivity index is 1.38. The number of benzene rings is 1. The van der Waals surface area contributed by atoms with Gasteiger partial charge in [-0.3, -0.25) is 10.0 Å². The molecular weight excluding hydrogens is 512 g/mol. The molecule has 3 saturated heterocycles. The van der Waals surface area contributed by atoms with Crippen molar-refractivity contribution in [3.05, 3.63) is 28.8 Å². The molecule has 11 nitrogen and oxygen atoms in total. The number of rotatable bonds is 6. The number of hydrogen-bond acceptors (Lipinski definition) is 8. The van der Waals surface area contributed by atoms with Crippen molar-refractivity contribution < 1.29 is 32.7 Å². The van der Waals surface area contributed by atoms with Gasteiger partial charge in [-0.1, -0.05) is 17.7 Å². The van der Waals surface area contributed by atoms with Crippen molar-refractivity contribution in [2.45, 2.75) is 32.3 Å². The molecule has 1 aromatic rings. The van der Waals surface area contributed by atoms with E-state index in [4.69, 9.17) is 21.1 Å². The highest BCUT2D eigenvalue weighted by atomic mass is 35.5. The summed E-state index contributed by atoms with van der Waals surface area (Å²) in [5.74, 6) is -1.20. The van der Waals surface area contributed by atoms with Crippen LogP contribution in [0.5, 0.6) is 0 Å². The van der Waals surface area contributed by atoms with E-state index < -0.39 is 33.2 Å². The molecular formula is C23H33ClN4O7S. The van der Waals surface area contributed by atoms with E-state index >= 15 is 0 Å². The summed E-state index contributed by atoms with van der Waals surface area (Å²) in [7, 11) is -3.82. The topological polar surface area (TPSA) is 129 Å². The quantitative estimate of drug-likeness (QED) is 0.408. The maximum absolute atomic E-state index is 13.4. The van der Waals surface area contributed by atoms with Crippen molar-refractivity contribution in [1.82, 2.24) is 14.7 Å². The predicted octanol–water partition coefficient (Wildman–Crippen LogP) is 1.61. The minimum absolute atomic E-state index is 0.0938. The molecule has 0 bridgehead atoms. The highest BCUT2D eigenvalue weighted by molar-refractivity contribution is 7.89. The van der Waals surface area contributed by atoms with Crippen molar-refractivity contribution in [3.63, 3.8) is 0 Å². The molecule has 3 aliphatic heterocycles. The molecule has 2 N–H and O–H groups in total. The van der Waals surface area contributed by atoms with Gasteiger partial charge >= 0.3 is 6.09 Å². The van der Waals surface area contributed by atoms with Crippen LogP contribution >= 0.6 is 11.6 Å². The molecule has 1 unspecified atom stereocenters. The first kappa shape index (κ1) is 26.9. The Labute approximate surface area is 216 Å². The summed E-state index contributed by atoms with van der Waals surface area (Å²) in [6.07, 6.45) is 0.0323. The fourth-order valence-corrected chi connectivity index (χ4v) is 7.25. The molecule has 0 radical (unpaired) electrons. The first-order chi connectivity index (χ1) is 17.1. The Morgan fingerprint density at radius 2 is 1.89 bits per heavy atom. The van der Waals surface area contributed by atoms with Gasteiger partial charge in [0.1, 0.15) is 6.10 Å². The van der Waals surface area contributed by atoms with Crippen LogP contribution in [0.2, 0.25) is 5.02 Å². The van der Waals surface area contributed by atoms with E-state index in [2.05, 4.69) is 4.90 Å². The zero-order valence-electron chi connectivity index (χ0n) is 20.3. The van der Waals surface area contributed by atoms with Crippen LogP contribution < -0.4 is 10.4 Å². The molecule has 1 aromatic carbocycles.